The summed E-state index contributed by atoms with van der Waals surface area (Å²) in [6, 6.07) is 6.66. The summed E-state index contributed by atoms with van der Waals surface area (Å²) in [5.41, 5.74) is 4.98. The molecule has 1 rings (SSSR count). The first-order valence-electron chi connectivity index (χ1n) is 11.2. The molecule has 0 fully saturated rings. The van der Waals surface area contributed by atoms with Gasteiger partial charge in [-0.05, 0) is 65.2 Å². The van der Waals surface area contributed by atoms with Crippen LogP contribution in [0.5, 0.6) is 0 Å². The number of terminal acetylenes is 1. The van der Waals surface area contributed by atoms with Gasteiger partial charge >= 0.3 is 6.09 Å². The molecule has 35 heavy (non-hydrogen) atoms. The van der Waals surface area contributed by atoms with Gasteiger partial charge in [0.2, 0.25) is 11.8 Å². The summed E-state index contributed by atoms with van der Waals surface area (Å²) in [5, 5.41) is 5.30. The number of carbonyl (C=O) groups is 4. The van der Waals surface area contributed by atoms with Crippen LogP contribution < -0.4 is 16.4 Å². The molecule has 0 aliphatic heterocycles. The van der Waals surface area contributed by atoms with Crippen LogP contribution in [0.2, 0.25) is 0 Å². The van der Waals surface area contributed by atoms with Crippen molar-refractivity contribution in [3.63, 3.8) is 0 Å². The largest absolute Gasteiger partial charge is 0.444 e. The van der Waals surface area contributed by atoms with Gasteiger partial charge in [0, 0.05) is 18.0 Å². The lowest BCUT2D eigenvalue weighted by atomic mass is 9.99. The van der Waals surface area contributed by atoms with E-state index in [1.807, 2.05) is 0 Å². The fourth-order valence-corrected chi connectivity index (χ4v) is 3.14. The molecule has 0 aliphatic carbocycles. The Morgan fingerprint density at radius 1 is 1.20 bits per heavy atom. The average Bonchev–Trinajstić information content (AvgIpc) is 2.71. The smallest absolute Gasteiger partial charge is 0.408 e. The highest BCUT2D eigenvalue weighted by atomic mass is 16.6. The summed E-state index contributed by atoms with van der Waals surface area (Å²) in [6.45, 7) is 14.1. The second-order valence-electron chi connectivity index (χ2n) is 10.1. The fourth-order valence-electron chi connectivity index (χ4n) is 3.14. The Labute approximate surface area is 207 Å². The number of benzene rings is 1. The zero-order valence-electron chi connectivity index (χ0n) is 21.3. The van der Waals surface area contributed by atoms with Crippen molar-refractivity contribution in [2.45, 2.75) is 77.6 Å². The molecule has 4 amide bonds. The topological polar surface area (TPSA) is 131 Å². The summed E-state index contributed by atoms with van der Waals surface area (Å²) in [7, 11) is 0. The van der Waals surface area contributed by atoms with Crippen molar-refractivity contribution in [3.05, 3.63) is 42.0 Å². The monoisotopic (exact) mass is 484 g/mol. The Kier molecular flexibility index (Phi) is 10.1. The second-order valence-corrected chi connectivity index (χ2v) is 10.1. The first-order chi connectivity index (χ1) is 16.1. The zero-order valence-corrected chi connectivity index (χ0v) is 21.3. The van der Waals surface area contributed by atoms with Crippen LogP contribution in [-0.4, -0.2) is 45.9 Å². The average molecular weight is 485 g/mol. The van der Waals surface area contributed by atoms with Crippen LogP contribution in [0.3, 0.4) is 0 Å². The summed E-state index contributed by atoms with van der Waals surface area (Å²) < 4.78 is 5.25. The van der Waals surface area contributed by atoms with Gasteiger partial charge < -0.3 is 21.1 Å². The number of nitrogens with zero attached hydrogens (tertiary/aromatic N) is 1. The molecule has 0 saturated heterocycles. The molecule has 4 N–H and O–H groups in total. The Morgan fingerprint density at radius 3 is 2.31 bits per heavy atom. The number of amides is 4. The lowest BCUT2D eigenvalue weighted by Crippen LogP contribution is -2.53. The third-order valence-electron chi connectivity index (χ3n) is 4.51. The predicted octanol–water partition coefficient (Wildman–Crippen LogP) is 2.86. The van der Waals surface area contributed by atoms with Gasteiger partial charge in [-0.25, -0.2) is 4.79 Å². The van der Waals surface area contributed by atoms with Crippen LogP contribution in [0.4, 0.5) is 4.79 Å². The van der Waals surface area contributed by atoms with Crippen LogP contribution in [0, 0.1) is 12.5 Å². The number of alkyl carbamates (subject to hydrolysis) is 1. The van der Waals surface area contributed by atoms with Crippen molar-refractivity contribution in [1.29, 1.82) is 0 Å². The third-order valence-corrected chi connectivity index (χ3v) is 4.51. The van der Waals surface area contributed by atoms with Gasteiger partial charge in [-0.2, -0.15) is 0 Å². The lowest BCUT2D eigenvalue weighted by molar-refractivity contribution is -0.139. The standard InChI is InChI=1S/C26H36N4O5/c1-9-17-12-11-13-18(16-17)21(22(32)29-25(3,4)5)30(10-2)23(33)19(14-15-20(27)31)28-24(34)35-26(6,7)8/h2,9,11-13,16,19,21H,1,14-15H2,3-8H3,(H2,27,31)(H,28,34)(H,29,32). The van der Waals surface area contributed by atoms with Gasteiger partial charge in [0.05, 0.1) is 0 Å². The molecule has 190 valence electrons. The van der Waals surface area contributed by atoms with E-state index >= 15 is 0 Å². The van der Waals surface area contributed by atoms with Crippen LogP contribution in [0.15, 0.2) is 30.8 Å². The van der Waals surface area contributed by atoms with Gasteiger partial charge in [0.1, 0.15) is 17.7 Å². The summed E-state index contributed by atoms with van der Waals surface area (Å²) in [5.74, 6) is -1.95. The number of primary amides is 1. The maximum absolute atomic E-state index is 13.6. The van der Waals surface area contributed by atoms with Gasteiger partial charge in [-0.15, -0.1) is 0 Å². The molecule has 0 bridgehead atoms. The van der Waals surface area contributed by atoms with E-state index in [1.165, 1.54) is 0 Å². The van der Waals surface area contributed by atoms with E-state index in [0.29, 0.717) is 5.56 Å². The van der Waals surface area contributed by atoms with Crippen molar-refractivity contribution >= 4 is 29.9 Å². The van der Waals surface area contributed by atoms with E-state index < -0.39 is 47.0 Å². The minimum absolute atomic E-state index is 0.133. The molecular formula is C26H36N4O5. The van der Waals surface area contributed by atoms with Crippen molar-refractivity contribution < 1.29 is 23.9 Å². The Morgan fingerprint density at radius 2 is 1.83 bits per heavy atom. The first kappa shape index (κ1) is 29.2. The number of ether oxygens (including phenoxy) is 1. The van der Waals surface area contributed by atoms with E-state index in [-0.39, 0.29) is 12.8 Å². The SMILES string of the molecule is C#CN(C(=O)C(CCC(N)=O)NC(=O)OC(C)(C)C)C(C(=O)NC(C)(C)C)c1cccc(C=C)c1. The molecule has 0 aromatic heterocycles. The molecule has 9 nitrogen and oxygen atoms in total. The van der Waals surface area contributed by atoms with Gasteiger partial charge in [0.25, 0.3) is 5.91 Å². The number of hydrogen-bond acceptors (Lipinski definition) is 5. The van der Waals surface area contributed by atoms with Crippen LogP contribution in [0.25, 0.3) is 6.08 Å². The molecule has 9 heteroatoms. The van der Waals surface area contributed by atoms with Crippen molar-refractivity contribution in [2.75, 3.05) is 0 Å². The molecule has 1 aromatic rings. The minimum atomic E-state index is -1.26. The highest BCUT2D eigenvalue weighted by Crippen LogP contribution is 2.25. The van der Waals surface area contributed by atoms with Crippen molar-refractivity contribution in [1.82, 2.24) is 15.5 Å². The van der Waals surface area contributed by atoms with Gasteiger partial charge in [-0.1, -0.05) is 37.3 Å². The number of rotatable bonds is 9. The van der Waals surface area contributed by atoms with Gasteiger partial charge in [-0.3, -0.25) is 19.3 Å². The maximum atomic E-state index is 13.6. The molecule has 2 atom stereocenters. The Hall–Kier alpha value is -3.80. The zero-order chi connectivity index (χ0) is 27.0. The van der Waals surface area contributed by atoms with Crippen LogP contribution in [0.1, 0.15) is 71.6 Å². The van der Waals surface area contributed by atoms with Crippen molar-refractivity contribution in [3.8, 4) is 12.5 Å². The normalized spacial score (nSPS) is 12.9. The van der Waals surface area contributed by atoms with Crippen molar-refractivity contribution in [2.24, 2.45) is 5.73 Å². The predicted molar refractivity (Wildman–Crippen MR) is 134 cm³/mol. The Balaban J connectivity index is 3.47. The second kappa shape index (κ2) is 12.1. The molecule has 0 heterocycles. The van der Waals surface area contributed by atoms with E-state index in [0.717, 1.165) is 10.5 Å². The van der Waals surface area contributed by atoms with Crippen LogP contribution >= 0.6 is 0 Å². The van der Waals surface area contributed by atoms with E-state index in [4.69, 9.17) is 16.9 Å². The molecular weight excluding hydrogens is 448 g/mol. The van der Waals surface area contributed by atoms with E-state index in [9.17, 15) is 19.2 Å². The molecule has 0 spiro atoms. The summed E-state index contributed by atoms with van der Waals surface area (Å²) in [4.78, 5) is 51.7. The van der Waals surface area contributed by atoms with Crippen LogP contribution in [-0.2, 0) is 19.1 Å². The number of nitrogens with two attached hydrogens (primary N) is 1. The Bertz CT molecular complexity index is 998. The van der Waals surface area contributed by atoms with E-state index in [1.54, 1.807) is 71.9 Å². The summed E-state index contributed by atoms with van der Waals surface area (Å²) >= 11 is 0. The van der Waals surface area contributed by atoms with E-state index in [2.05, 4.69) is 23.3 Å². The minimum Gasteiger partial charge on any atom is -0.444 e. The first-order valence-corrected chi connectivity index (χ1v) is 11.2. The highest BCUT2D eigenvalue weighted by molar-refractivity contribution is 5.93. The lowest BCUT2D eigenvalue weighted by Gasteiger charge is -2.32. The molecule has 0 saturated carbocycles. The maximum Gasteiger partial charge on any atom is 0.408 e. The number of nitrogens with one attached hydrogen (secondary N) is 2. The number of hydrogen-bond donors (Lipinski definition) is 3. The molecule has 2 unspecified atom stereocenters. The summed E-state index contributed by atoms with van der Waals surface area (Å²) in [6.07, 6.45) is 6.13. The third kappa shape index (κ3) is 9.92. The molecule has 0 radical (unpaired) electrons. The molecule has 0 aliphatic rings. The highest BCUT2D eigenvalue weighted by Gasteiger charge is 2.37. The molecule has 1 aromatic carbocycles. The quantitative estimate of drug-likeness (QED) is 0.366. The number of carbonyl (C=O) groups excluding carboxylic acids is 4. The van der Waals surface area contributed by atoms with Gasteiger partial charge in [0.15, 0.2) is 0 Å². The fraction of sp³-hybridized carbons (Fsp3) is 0.462.